The van der Waals surface area contributed by atoms with Gasteiger partial charge in [-0.3, -0.25) is 15.0 Å². The number of carbonyl (C=O) groups excluding carboxylic acids is 3. The maximum Gasteiger partial charge on any atom is 0.410 e. The molecular weight excluding hydrogens is 478 g/mol. The predicted molar refractivity (Wildman–Crippen MR) is 135 cm³/mol. The van der Waals surface area contributed by atoms with E-state index in [1.54, 1.807) is 18.1 Å². The number of cyclic esters (lactones) is 1. The van der Waals surface area contributed by atoms with Crippen LogP contribution in [0.15, 0.2) is 18.3 Å². The molecule has 0 radical (unpaired) electrons. The second-order valence-corrected chi connectivity index (χ2v) is 8.71. The lowest BCUT2D eigenvalue weighted by Crippen LogP contribution is -2.40. The Bertz CT molecular complexity index is 1210. The van der Waals surface area contributed by atoms with Crippen LogP contribution >= 0.6 is 0 Å². The van der Waals surface area contributed by atoms with Crippen LogP contribution in [-0.4, -0.2) is 73.2 Å². The number of nitriles is 1. The zero-order valence-electron chi connectivity index (χ0n) is 20.7. The summed E-state index contributed by atoms with van der Waals surface area (Å²) in [4.78, 5) is 49.1. The number of hydrogen-bond donors (Lipinski definition) is 2. The van der Waals surface area contributed by atoms with Crippen molar-refractivity contribution < 1.29 is 23.9 Å². The molecule has 194 valence electrons. The highest BCUT2D eigenvalue weighted by atomic mass is 16.6. The molecule has 2 aromatic rings. The van der Waals surface area contributed by atoms with Crippen molar-refractivity contribution >= 4 is 35.7 Å². The summed E-state index contributed by atoms with van der Waals surface area (Å²) < 4.78 is 10.2. The van der Waals surface area contributed by atoms with E-state index in [1.165, 1.54) is 11.1 Å². The van der Waals surface area contributed by atoms with Gasteiger partial charge in [-0.2, -0.15) is 5.26 Å². The third-order valence-electron chi connectivity index (χ3n) is 6.18. The number of amides is 3. The molecule has 3 amide bonds. The molecule has 12 heteroatoms. The largest absolute Gasteiger partial charge is 0.449 e. The second kappa shape index (κ2) is 12.1. The first-order chi connectivity index (χ1) is 18.0. The zero-order valence-corrected chi connectivity index (χ0v) is 20.7. The molecule has 4 heterocycles. The van der Waals surface area contributed by atoms with Crippen LogP contribution in [0.1, 0.15) is 46.4 Å². The van der Waals surface area contributed by atoms with Gasteiger partial charge in [0.2, 0.25) is 0 Å². The molecule has 0 unspecified atom stereocenters. The lowest BCUT2D eigenvalue weighted by atomic mass is 10.0. The number of fused-ring (bicyclic) bond motifs is 1. The number of anilines is 3. The maximum atomic E-state index is 13.2. The van der Waals surface area contributed by atoms with Gasteiger partial charge in [-0.05, 0) is 37.3 Å². The van der Waals surface area contributed by atoms with Crippen molar-refractivity contribution in [2.24, 2.45) is 0 Å². The minimum atomic E-state index is -0.450. The van der Waals surface area contributed by atoms with E-state index in [2.05, 4.69) is 26.7 Å². The molecule has 0 bridgehead atoms. The molecule has 0 aromatic carbocycles. The number of aryl methyl sites for hydroxylation is 1. The number of pyridine rings is 2. The van der Waals surface area contributed by atoms with E-state index < -0.39 is 12.1 Å². The van der Waals surface area contributed by atoms with Crippen LogP contribution in [0.4, 0.5) is 26.9 Å². The highest BCUT2D eigenvalue weighted by Crippen LogP contribution is 2.29. The van der Waals surface area contributed by atoms with Gasteiger partial charge in [-0.25, -0.2) is 19.6 Å². The Morgan fingerprint density at radius 3 is 2.95 bits per heavy atom. The van der Waals surface area contributed by atoms with Gasteiger partial charge in [0, 0.05) is 44.6 Å². The number of ether oxygens (including phenoxy) is 2. The fourth-order valence-electron chi connectivity index (χ4n) is 4.30. The van der Waals surface area contributed by atoms with Crippen LogP contribution in [0.5, 0.6) is 0 Å². The number of methoxy groups -OCH3 is 1. The van der Waals surface area contributed by atoms with Crippen molar-refractivity contribution in [3.05, 3.63) is 40.7 Å². The molecule has 1 saturated heterocycles. The number of urea groups is 1. The quantitative estimate of drug-likeness (QED) is 0.406. The molecule has 0 saturated carbocycles. The van der Waals surface area contributed by atoms with Crippen LogP contribution in [0, 0.1) is 11.3 Å². The highest BCUT2D eigenvalue weighted by Gasteiger charge is 2.27. The van der Waals surface area contributed by atoms with Crippen molar-refractivity contribution in [2.75, 3.05) is 55.5 Å². The SMILES string of the molecule is COCCNc1cc(NC(=O)N2CCCc3cc(CN4CCCCOC4=O)c(C=O)nc32)ncc1C#N. The number of hydrogen-bond acceptors (Lipinski definition) is 9. The Morgan fingerprint density at radius 1 is 1.30 bits per heavy atom. The van der Waals surface area contributed by atoms with Gasteiger partial charge in [0.25, 0.3) is 0 Å². The van der Waals surface area contributed by atoms with Gasteiger partial charge < -0.3 is 19.7 Å². The van der Waals surface area contributed by atoms with E-state index in [4.69, 9.17) is 9.47 Å². The smallest absolute Gasteiger partial charge is 0.410 e. The molecule has 4 rings (SSSR count). The molecule has 2 N–H and O–H groups in total. The average molecular weight is 508 g/mol. The zero-order chi connectivity index (χ0) is 26.2. The third-order valence-corrected chi connectivity index (χ3v) is 6.18. The van der Waals surface area contributed by atoms with Crippen molar-refractivity contribution in [1.29, 1.82) is 5.26 Å². The summed E-state index contributed by atoms with van der Waals surface area (Å²) in [5.41, 5.74) is 2.49. The number of rotatable bonds is 8. The fourth-order valence-corrected chi connectivity index (χ4v) is 4.30. The van der Waals surface area contributed by atoms with Crippen molar-refractivity contribution in [2.45, 2.75) is 32.2 Å². The van der Waals surface area contributed by atoms with Crippen molar-refractivity contribution in [3.8, 4) is 6.07 Å². The van der Waals surface area contributed by atoms with E-state index in [1.807, 2.05) is 6.07 Å². The van der Waals surface area contributed by atoms with Crippen LogP contribution in [0.2, 0.25) is 0 Å². The Kier molecular flexibility index (Phi) is 8.48. The highest BCUT2D eigenvalue weighted by molar-refractivity contribution is 6.01. The molecule has 0 aliphatic carbocycles. The average Bonchev–Trinajstić information content (AvgIpc) is 3.11. The summed E-state index contributed by atoms with van der Waals surface area (Å²) in [7, 11) is 1.58. The molecule has 0 spiro atoms. The Balaban J connectivity index is 1.54. The molecule has 2 aliphatic rings. The standard InChI is InChI=1S/C25H29N7O5/c1-36-10-6-27-20-12-22(28-14-19(20)13-26)30-24(34)32-8-4-5-17-11-18(21(16-33)29-23(17)32)15-31-7-2-3-9-37-25(31)35/h11-12,14,16H,2-10,15H2,1H3,(H2,27,28,30,34). The van der Waals surface area contributed by atoms with Crippen LogP contribution < -0.4 is 15.5 Å². The van der Waals surface area contributed by atoms with E-state index in [0.717, 1.165) is 18.4 Å². The Hall–Kier alpha value is -4.24. The molecule has 2 aromatic heterocycles. The first kappa shape index (κ1) is 25.8. The van der Waals surface area contributed by atoms with E-state index >= 15 is 0 Å². The van der Waals surface area contributed by atoms with Gasteiger partial charge in [-0.15, -0.1) is 0 Å². The van der Waals surface area contributed by atoms with Gasteiger partial charge in [0.15, 0.2) is 6.29 Å². The number of aromatic nitrogens is 2. The minimum absolute atomic E-state index is 0.177. The van der Waals surface area contributed by atoms with Gasteiger partial charge in [0.1, 0.15) is 23.4 Å². The van der Waals surface area contributed by atoms with Gasteiger partial charge in [0.05, 0.1) is 31.0 Å². The topological polar surface area (TPSA) is 150 Å². The van der Waals surface area contributed by atoms with E-state index in [-0.39, 0.29) is 18.1 Å². The summed E-state index contributed by atoms with van der Waals surface area (Å²) in [6.07, 6.45) is 4.64. The fraction of sp³-hybridized carbons (Fsp3) is 0.440. The summed E-state index contributed by atoms with van der Waals surface area (Å²) in [5.74, 6) is 0.670. The predicted octanol–water partition coefficient (Wildman–Crippen LogP) is 2.94. The lowest BCUT2D eigenvalue weighted by molar-refractivity contribution is 0.109. The normalized spacial score (nSPS) is 15.2. The van der Waals surface area contributed by atoms with Crippen LogP contribution in [-0.2, 0) is 22.4 Å². The Morgan fingerprint density at radius 2 is 2.16 bits per heavy atom. The lowest BCUT2D eigenvalue weighted by Gasteiger charge is -2.29. The number of nitrogens with zero attached hydrogens (tertiary/aromatic N) is 5. The Labute approximate surface area is 214 Å². The summed E-state index contributed by atoms with van der Waals surface area (Å²) in [6.45, 7) is 2.50. The first-order valence-corrected chi connectivity index (χ1v) is 12.1. The van der Waals surface area contributed by atoms with E-state index in [0.29, 0.717) is 74.6 Å². The van der Waals surface area contributed by atoms with E-state index in [9.17, 15) is 19.6 Å². The first-order valence-electron chi connectivity index (χ1n) is 12.1. The van der Waals surface area contributed by atoms with Gasteiger partial charge >= 0.3 is 12.1 Å². The summed E-state index contributed by atoms with van der Waals surface area (Å²) in [5, 5.41) is 15.2. The minimum Gasteiger partial charge on any atom is -0.449 e. The molecule has 2 aliphatic heterocycles. The van der Waals surface area contributed by atoms with Gasteiger partial charge in [-0.1, -0.05) is 0 Å². The van der Waals surface area contributed by atoms with Crippen LogP contribution in [0.25, 0.3) is 0 Å². The van der Waals surface area contributed by atoms with Crippen molar-refractivity contribution in [1.82, 2.24) is 14.9 Å². The maximum absolute atomic E-state index is 13.2. The molecular formula is C25H29N7O5. The summed E-state index contributed by atoms with van der Waals surface area (Å²) >= 11 is 0. The molecule has 37 heavy (non-hydrogen) atoms. The monoisotopic (exact) mass is 507 g/mol. The van der Waals surface area contributed by atoms with Crippen molar-refractivity contribution in [3.63, 3.8) is 0 Å². The number of nitrogens with one attached hydrogen (secondary N) is 2. The summed E-state index contributed by atoms with van der Waals surface area (Å²) in [6, 6.07) is 5.06. The number of carbonyl (C=O) groups is 3. The molecule has 12 nitrogen and oxygen atoms in total. The van der Waals surface area contributed by atoms with Crippen LogP contribution in [0.3, 0.4) is 0 Å². The third kappa shape index (κ3) is 6.13. The second-order valence-electron chi connectivity index (χ2n) is 8.71. The molecule has 1 fully saturated rings. The number of aldehydes is 1. The molecule has 0 atom stereocenters.